The molecule has 0 N–H and O–H groups in total. The van der Waals surface area contributed by atoms with Gasteiger partial charge < -0.3 is 0 Å². The van der Waals surface area contributed by atoms with Gasteiger partial charge in [0.1, 0.15) is 11.5 Å². The van der Waals surface area contributed by atoms with Crippen LogP contribution >= 0.6 is 11.6 Å². The van der Waals surface area contributed by atoms with E-state index in [1.54, 1.807) is 24.3 Å². The lowest BCUT2D eigenvalue weighted by atomic mass is 10.2. The number of halogens is 1. The number of hydrogen-bond donors (Lipinski definition) is 0. The van der Waals surface area contributed by atoms with E-state index < -0.39 is 0 Å². The number of nitroso groups, excluding NO2 is 1. The van der Waals surface area contributed by atoms with Crippen molar-refractivity contribution in [1.29, 1.82) is 0 Å². The van der Waals surface area contributed by atoms with Crippen molar-refractivity contribution in [1.82, 2.24) is 4.98 Å². The predicted molar refractivity (Wildman–Crippen MR) is 74.0 cm³/mol. The summed E-state index contributed by atoms with van der Waals surface area (Å²) in [6.07, 6.45) is 1.42. The lowest BCUT2D eigenvalue weighted by molar-refractivity contribution is -0.115. The van der Waals surface area contributed by atoms with E-state index in [4.69, 9.17) is 11.6 Å². The van der Waals surface area contributed by atoms with Crippen LogP contribution in [0.1, 0.15) is 6.92 Å². The molecular weight excluding hydrogens is 266 g/mol. The minimum atomic E-state index is -0.261. The lowest BCUT2D eigenvalue weighted by Gasteiger charge is -2.21. The molecule has 0 aliphatic heterocycles. The number of anilines is 2. The summed E-state index contributed by atoms with van der Waals surface area (Å²) in [5, 5.41) is 3.25. The van der Waals surface area contributed by atoms with Crippen LogP contribution in [0.25, 0.3) is 0 Å². The Morgan fingerprint density at radius 3 is 2.68 bits per heavy atom. The van der Waals surface area contributed by atoms with Crippen molar-refractivity contribution in [3.05, 3.63) is 52.5 Å². The first-order valence-corrected chi connectivity index (χ1v) is 5.86. The summed E-state index contributed by atoms with van der Waals surface area (Å²) in [7, 11) is 0. The van der Waals surface area contributed by atoms with Crippen molar-refractivity contribution in [2.24, 2.45) is 5.18 Å². The maximum absolute atomic E-state index is 11.8. The first-order valence-electron chi connectivity index (χ1n) is 5.48. The van der Waals surface area contributed by atoms with Crippen LogP contribution < -0.4 is 4.90 Å². The Bertz CT molecular complexity index is 631. The molecule has 0 fully saturated rings. The zero-order valence-electron chi connectivity index (χ0n) is 10.1. The van der Waals surface area contributed by atoms with Gasteiger partial charge in [0.05, 0.1) is 10.7 Å². The van der Waals surface area contributed by atoms with Gasteiger partial charge in [0.25, 0.3) is 0 Å². The number of hydrogen-bond acceptors (Lipinski definition) is 4. The highest BCUT2D eigenvalue weighted by Crippen LogP contribution is 2.32. The zero-order chi connectivity index (χ0) is 13.8. The highest BCUT2D eigenvalue weighted by atomic mass is 35.5. The number of carbonyl (C=O) groups is 1. The van der Waals surface area contributed by atoms with E-state index in [9.17, 15) is 9.70 Å². The molecule has 2 aromatic rings. The molecule has 0 saturated carbocycles. The maximum Gasteiger partial charge on any atom is 0.229 e. The van der Waals surface area contributed by atoms with Gasteiger partial charge in [0.2, 0.25) is 5.91 Å². The van der Waals surface area contributed by atoms with Crippen LogP contribution in [-0.2, 0) is 4.79 Å². The molecule has 1 aromatic carbocycles. The number of amides is 1. The molecule has 2 rings (SSSR count). The van der Waals surface area contributed by atoms with Crippen molar-refractivity contribution >= 4 is 34.7 Å². The second-order valence-corrected chi connectivity index (χ2v) is 4.18. The fraction of sp³-hybridized carbons (Fsp3) is 0.0769. The molecule has 0 unspecified atom stereocenters. The third-order valence-electron chi connectivity index (χ3n) is 2.47. The van der Waals surface area contributed by atoms with Gasteiger partial charge in [-0.05, 0) is 23.4 Å². The SMILES string of the molecule is CC(=O)N(c1cc(N=O)ccn1)c1ccccc1Cl. The minimum Gasteiger partial charge on any atom is -0.274 e. The maximum atomic E-state index is 11.8. The van der Waals surface area contributed by atoms with Gasteiger partial charge >= 0.3 is 0 Å². The summed E-state index contributed by atoms with van der Waals surface area (Å²) >= 11 is 6.08. The number of nitrogens with zero attached hydrogens (tertiary/aromatic N) is 3. The number of pyridine rings is 1. The van der Waals surface area contributed by atoms with E-state index in [0.29, 0.717) is 16.5 Å². The molecule has 0 aliphatic carbocycles. The molecular formula is C13H10ClN3O2. The summed E-state index contributed by atoms with van der Waals surface area (Å²) in [6, 6.07) is 9.79. The lowest BCUT2D eigenvalue weighted by Crippen LogP contribution is -2.23. The van der Waals surface area contributed by atoms with E-state index in [-0.39, 0.29) is 11.6 Å². The normalized spacial score (nSPS) is 10.0. The number of carbonyl (C=O) groups excluding carboxylic acids is 1. The highest BCUT2D eigenvalue weighted by molar-refractivity contribution is 6.34. The summed E-state index contributed by atoms with van der Waals surface area (Å²) in [5.74, 6) is 0.0429. The van der Waals surface area contributed by atoms with Crippen LogP contribution in [0, 0.1) is 4.91 Å². The van der Waals surface area contributed by atoms with Crippen LogP contribution in [0.4, 0.5) is 17.2 Å². The Kier molecular flexibility index (Phi) is 3.87. The van der Waals surface area contributed by atoms with Crippen molar-refractivity contribution < 1.29 is 4.79 Å². The number of para-hydroxylation sites is 1. The summed E-state index contributed by atoms with van der Waals surface area (Å²) in [5.41, 5.74) is 0.704. The Hall–Kier alpha value is -2.27. The zero-order valence-corrected chi connectivity index (χ0v) is 10.8. The molecule has 6 heteroatoms. The molecule has 5 nitrogen and oxygen atoms in total. The summed E-state index contributed by atoms with van der Waals surface area (Å²) in [4.78, 5) is 27.8. The van der Waals surface area contributed by atoms with Crippen LogP contribution in [0.15, 0.2) is 47.8 Å². The van der Waals surface area contributed by atoms with Gasteiger partial charge in [-0.2, -0.15) is 0 Å². The fourth-order valence-electron chi connectivity index (χ4n) is 1.67. The van der Waals surface area contributed by atoms with Gasteiger partial charge in [-0.1, -0.05) is 23.7 Å². The van der Waals surface area contributed by atoms with Crippen LogP contribution in [0.2, 0.25) is 5.02 Å². The Morgan fingerprint density at radius 1 is 1.32 bits per heavy atom. The van der Waals surface area contributed by atoms with Crippen LogP contribution in [-0.4, -0.2) is 10.9 Å². The first kappa shape index (κ1) is 13.2. The fourth-order valence-corrected chi connectivity index (χ4v) is 1.89. The van der Waals surface area contributed by atoms with Crippen molar-refractivity contribution in [3.63, 3.8) is 0 Å². The monoisotopic (exact) mass is 275 g/mol. The molecule has 96 valence electrons. The molecule has 1 aromatic heterocycles. The van der Waals surface area contributed by atoms with Gasteiger partial charge in [0.15, 0.2) is 0 Å². The molecule has 0 saturated heterocycles. The molecule has 19 heavy (non-hydrogen) atoms. The largest absolute Gasteiger partial charge is 0.274 e. The topological polar surface area (TPSA) is 62.6 Å². The standard InChI is InChI=1S/C13H10ClN3O2/c1-9(18)17(12-5-3-2-4-11(12)14)13-8-10(16-19)6-7-15-13/h2-8H,1H3. The van der Waals surface area contributed by atoms with Crippen molar-refractivity contribution in [2.75, 3.05) is 4.90 Å². The quantitative estimate of drug-likeness (QED) is 0.800. The predicted octanol–water partition coefficient (Wildman–Crippen LogP) is 3.82. The number of aromatic nitrogens is 1. The number of benzene rings is 1. The molecule has 0 bridgehead atoms. The summed E-state index contributed by atoms with van der Waals surface area (Å²) < 4.78 is 0. The van der Waals surface area contributed by atoms with E-state index >= 15 is 0 Å². The van der Waals surface area contributed by atoms with Crippen molar-refractivity contribution in [3.8, 4) is 0 Å². The van der Waals surface area contributed by atoms with Gasteiger partial charge in [-0.25, -0.2) is 4.98 Å². The van der Waals surface area contributed by atoms with Gasteiger partial charge in [0, 0.05) is 19.2 Å². The minimum absolute atomic E-state index is 0.198. The first-order chi connectivity index (χ1) is 9.13. The Balaban J connectivity index is 2.55. The Morgan fingerprint density at radius 2 is 2.05 bits per heavy atom. The average molecular weight is 276 g/mol. The molecule has 1 amide bonds. The molecule has 0 aliphatic rings. The second-order valence-electron chi connectivity index (χ2n) is 3.77. The molecule has 0 radical (unpaired) electrons. The molecule has 1 heterocycles. The van der Waals surface area contributed by atoms with Crippen LogP contribution in [0.5, 0.6) is 0 Å². The number of rotatable bonds is 3. The summed E-state index contributed by atoms with van der Waals surface area (Å²) in [6.45, 7) is 1.39. The smallest absolute Gasteiger partial charge is 0.229 e. The molecule has 0 atom stereocenters. The highest BCUT2D eigenvalue weighted by Gasteiger charge is 2.18. The van der Waals surface area contributed by atoms with E-state index in [1.807, 2.05) is 0 Å². The van der Waals surface area contributed by atoms with E-state index in [1.165, 1.54) is 30.2 Å². The van der Waals surface area contributed by atoms with Gasteiger partial charge in [-0.3, -0.25) is 9.69 Å². The second kappa shape index (κ2) is 5.58. The molecule has 0 spiro atoms. The van der Waals surface area contributed by atoms with Gasteiger partial charge in [-0.15, -0.1) is 4.91 Å². The average Bonchev–Trinajstić information content (AvgIpc) is 2.41. The van der Waals surface area contributed by atoms with E-state index in [0.717, 1.165) is 0 Å². The van der Waals surface area contributed by atoms with E-state index in [2.05, 4.69) is 10.2 Å². The van der Waals surface area contributed by atoms with Crippen molar-refractivity contribution in [2.45, 2.75) is 6.92 Å². The Labute approximate surface area is 114 Å². The van der Waals surface area contributed by atoms with Crippen LogP contribution in [0.3, 0.4) is 0 Å². The third kappa shape index (κ3) is 2.77. The third-order valence-corrected chi connectivity index (χ3v) is 2.79.